The quantitative estimate of drug-likeness (QED) is 0.0724. The third kappa shape index (κ3) is 5.74. The van der Waals surface area contributed by atoms with Gasteiger partial charge < -0.3 is 0 Å². The Kier molecular flexibility index (Phi) is 10.4. The molecule has 2 fully saturated rings. The molecule has 40 heavy (non-hydrogen) atoms. The monoisotopic (exact) mass is 660 g/mol. The van der Waals surface area contributed by atoms with Crippen molar-refractivity contribution in [2.45, 2.75) is 101 Å². The molecule has 0 amide bonds. The van der Waals surface area contributed by atoms with Crippen LogP contribution in [0.15, 0.2) is 47.2 Å². The van der Waals surface area contributed by atoms with Gasteiger partial charge in [0.1, 0.15) is 0 Å². The first-order valence-corrected chi connectivity index (χ1v) is 23.5. The molecule has 0 spiro atoms. The summed E-state index contributed by atoms with van der Waals surface area (Å²) in [6.45, 7) is 8.37. The molecule has 8 heteroatoms. The number of nitro benzene ring substituents is 1. The zero-order chi connectivity index (χ0) is 28.9. The van der Waals surface area contributed by atoms with Crippen LogP contribution in [0.3, 0.4) is 0 Å². The van der Waals surface area contributed by atoms with Gasteiger partial charge in [0, 0.05) is 0 Å². The van der Waals surface area contributed by atoms with Crippen LogP contribution in [0.5, 0.6) is 0 Å². The molecule has 7 nitrogen and oxygen atoms in total. The average Bonchev–Trinajstić information content (AvgIpc) is 3.37. The van der Waals surface area contributed by atoms with E-state index in [9.17, 15) is 20.0 Å². The van der Waals surface area contributed by atoms with Crippen molar-refractivity contribution in [3.63, 3.8) is 0 Å². The molecule has 1 N–H and O–H groups in total. The third-order valence-corrected chi connectivity index (χ3v) is 25.3. The van der Waals surface area contributed by atoms with E-state index in [0.717, 1.165) is 13.1 Å². The normalized spacial score (nSPS) is 25.4. The summed E-state index contributed by atoms with van der Waals surface area (Å²) in [4.78, 5) is 27.4. The number of allylic oxidation sites excluding steroid dienone is 1. The number of fused-ring (bicyclic) bond motifs is 1. The summed E-state index contributed by atoms with van der Waals surface area (Å²) in [5.74, 6) is -0.723. The minimum atomic E-state index is -2.45. The molecule has 220 valence electrons. The molecule has 1 aromatic carbocycles. The Labute approximate surface area is 244 Å². The van der Waals surface area contributed by atoms with Crippen molar-refractivity contribution in [2.75, 3.05) is 20.2 Å². The zero-order valence-electron chi connectivity index (χ0n) is 24.9. The van der Waals surface area contributed by atoms with Gasteiger partial charge in [0.25, 0.3) is 0 Å². The average molecular weight is 659 g/mol. The number of nitro groups is 1. The standard InChI is InChI=1S/C20H21N2O5.3C4H9.Sn/c1-3-12-11-21-9-8-20(14-6-4-5-7-15(14)22(25)26)16(21)10-13(12)17(18(20)23)19(24)27-2;3*1-3-4-2;/h3-7,13,16,23H,1,8-11H2,2H3;3*1,3-4H2,2H3;/b12-3+;;;;/t13-,16-,20+;;;;/m0..../s1. The van der Waals surface area contributed by atoms with Crippen LogP contribution in [-0.2, 0) is 14.9 Å². The number of unbranched alkanes of at least 4 members (excludes halogenated alkanes) is 3. The van der Waals surface area contributed by atoms with Gasteiger partial charge in [0.2, 0.25) is 0 Å². The fraction of sp³-hybridized carbons (Fsp3) is 0.656. The molecule has 1 aromatic rings. The number of ether oxygens (including phenoxy) is 1. The first-order chi connectivity index (χ1) is 19.3. The van der Waals surface area contributed by atoms with E-state index in [1.54, 1.807) is 18.2 Å². The second-order valence-corrected chi connectivity index (χ2v) is 26.3. The van der Waals surface area contributed by atoms with Gasteiger partial charge in [-0.1, -0.05) is 0 Å². The number of aliphatic hydroxyl groups is 1. The minimum absolute atomic E-state index is 0.00142. The third-order valence-electron chi connectivity index (χ3n) is 10.1. The summed E-state index contributed by atoms with van der Waals surface area (Å²) in [6.07, 6.45) is 11.4. The van der Waals surface area contributed by atoms with E-state index in [-0.39, 0.29) is 28.3 Å². The summed E-state index contributed by atoms with van der Waals surface area (Å²) in [5.41, 5.74) is 1.10. The zero-order valence-corrected chi connectivity index (χ0v) is 27.8. The first-order valence-electron chi connectivity index (χ1n) is 15.5. The molecule has 0 radical (unpaired) electrons. The second kappa shape index (κ2) is 13.4. The topological polar surface area (TPSA) is 92.9 Å². The van der Waals surface area contributed by atoms with Crippen molar-refractivity contribution >= 4 is 30.0 Å². The summed E-state index contributed by atoms with van der Waals surface area (Å²) in [7, 11) is 1.36. The summed E-state index contributed by atoms with van der Waals surface area (Å²) < 4.78 is 10.7. The van der Waals surface area contributed by atoms with Gasteiger partial charge >= 0.3 is 245 Å². The van der Waals surface area contributed by atoms with Gasteiger partial charge in [-0.25, -0.2) is 0 Å². The van der Waals surface area contributed by atoms with E-state index in [2.05, 4.69) is 31.7 Å². The number of hydrogen-bond donors (Lipinski definition) is 1. The number of nitrogens with zero attached hydrogens (tertiary/aromatic N) is 2. The van der Waals surface area contributed by atoms with E-state index in [4.69, 9.17) is 4.74 Å². The maximum absolute atomic E-state index is 13.3. The van der Waals surface area contributed by atoms with Crippen LogP contribution in [-0.4, -0.2) is 65.5 Å². The molecule has 3 aliphatic rings. The molecule has 4 rings (SSSR count). The van der Waals surface area contributed by atoms with E-state index in [1.165, 1.54) is 75.0 Å². The first kappa shape index (κ1) is 31.1. The van der Waals surface area contributed by atoms with Crippen molar-refractivity contribution in [1.29, 1.82) is 0 Å². The Morgan fingerprint density at radius 2 is 1.77 bits per heavy atom. The van der Waals surface area contributed by atoms with Crippen molar-refractivity contribution < 1.29 is 19.6 Å². The number of aliphatic hydroxyl groups excluding tert-OH is 1. The van der Waals surface area contributed by atoms with Gasteiger partial charge in [-0.05, 0) is 0 Å². The molecule has 2 bridgehead atoms. The molecule has 3 atom stereocenters. The summed E-state index contributed by atoms with van der Waals surface area (Å²) in [5, 5.41) is 24.0. The van der Waals surface area contributed by atoms with Crippen molar-refractivity contribution in [3.8, 4) is 0 Å². The van der Waals surface area contributed by atoms with Crippen LogP contribution in [0.2, 0.25) is 17.7 Å². The SMILES string of the molecule is CCC[CH2][Sn]([CH2]/C=C1\CN2CC[C@]3(c4ccccc4[N+](=O)[O-])C(O)=C(C(=O)OC)[C@H]1C[C@H]23)([CH2]CCC)[CH2]CCC. The summed E-state index contributed by atoms with van der Waals surface area (Å²) >= 11 is -2.45. The number of esters is 1. The van der Waals surface area contributed by atoms with Gasteiger partial charge in [-0.15, -0.1) is 0 Å². The predicted octanol–water partition coefficient (Wildman–Crippen LogP) is 7.70. The molecule has 0 unspecified atom stereocenters. The Morgan fingerprint density at radius 1 is 1.15 bits per heavy atom. The number of piperidine rings is 1. The van der Waals surface area contributed by atoms with Crippen LogP contribution < -0.4 is 0 Å². The van der Waals surface area contributed by atoms with E-state index in [1.807, 2.05) is 0 Å². The fourth-order valence-corrected chi connectivity index (χ4v) is 23.2. The summed E-state index contributed by atoms with van der Waals surface area (Å²) in [6, 6.07) is 6.64. The fourth-order valence-electron chi connectivity index (χ4n) is 7.89. The number of para-hydroxylation sites is 1. The maximum atomic E-state index is 13.3. The molecule has 2 saturated heterocycles. The van der Waals surface area contributed by atoms with Crippen LogP contribution >= 0.6 is 0 Å². The number of rotatable bonds is 14. The van der Waals surface area contributed by atoms with Crippen molar-refractivity contribution in [2.24, 2.45) is 5.92 Å². The van der Waals surface area contributed by atoms with Crippen LogP contribution in [0.4, 0.5) is 5.69 Å². The number of hydrogen-bond acceptors (Lipinski definition) is 6. The van der Waals surface area contributed by atoms with Gasteiger partial charge in [-0.3, -0.25) is 0 Å². The number of methoxy groups -OCH3 is 1. The van der Waals surface area contributed by atoms with E-state index >= 15 is 0 Å². The van der Waals surface area contributed by atoms with E-state index < -0.39 is 29.8 Å². The van der Waals surface area contributed by atoms with E-state index in [0.29, 0.717) is 24.0 Å². The molecule has 0 aromatic heterocycles. The molecular formula is C32H48N2O5Sn. The van der Waals surface area contributed by atoms with Gasteiger partial charge in [0.05, 0.1) is 0 Å². The predicted molar refractivity (Wildman–Crippen MR) is 162 cm³/mol. The number of carbonyl (C=O) groups is 1. The van der Waals surface area contributed by atoms with Crippen LogP contribution in [0, 0.1) is 16.0 Å². The number of benzene rings is 1. The molecule has 0 saturated carbocycles. The van der Waals surface area contributed by atoms with Crippen molar-refractivity contribution in [3.05, 3.63) is 62.9 Å². The second-order valence-electron chi connectivity index (χ2n) is 12.3. The Morgan fingerprint density at radius 3 is 2.35 bits per heavy atom. The Hall–Kier alpha value is -1.87. The molecule has 1 aliphatic carbocycles. The van der Waals surface area contributed by atoms with Crippen molar-refractivity contribution in [1.82, 2.24) is 4.90 Å². The van der Waals surface area contributed by atoms with Crippen LogP contribution in [0.25, 0.3) is 0 Å². The van der Waals surface area contributed by atoms with Gasteiger partial charge in [0.15, 0.2) is 0 Å². The Bertz CT molecular complexity index is 1130. The molecule has 2 aliphatic heterocycles. The molecular weight excluding hydrogens is 611 g/mol. The Balaban J connectivity index is 1.79. The van der Waals surface area contributed by atoms with Crippen LogP contribution in [0.1, 0.15) is 77.7 Å². The molecule has 2 heterocycles. The van der Waals surface area contributed by atoms with Gasteiger partial charge in [-0.2, -0.15) is 0 Å². The number of carbonyl (C=O) groups excluding carboxylic acids is 1.